The van der Waals surface area contributed by atoms with E-state index in [1.54, 1.807) is 24.3 Å². The number of ketones is 1. The molecule has 0 aliphatic carbocycles. The van der Waals surface area contributed by atoms with Crippen LogP contribution in [0.4, 0.5) is 5.69 Å². The summed E-state index contributed by atoms with van der Waals surface area (Å²) < 4.78 is 5.80. The van der Waals surface area contributed by atoms with E-state index in [-0.39, 0.29) is 5.78 Å². The van der Waals surface area contributed by atoms with Crippen LogP contribution in [0.1, 0.15) is 29.3 Å². The van der Waals surface area contributed by atoms with Crippen molar-refractivity contribution in [3.05, 3.63) is 71.8 Å². The lowest BCUT2D eigenvalue weighted by Gasteiger charge is -2.12. The number of nitrogens with two attached hydrogens (primary N) is 1. The molecule has 0 aromatic heterocycles. The molecule has 3 rings (SSSR count). The number of hydrogen-bond acceptors (Lipinski definition) is 3. The Labute approximate surface area is 135 Å². The first-order valence-electron chi connectivity index (χ1n) is 7.75. The van der Waals surface area contributed by atoms with E-state index in [0.29, 0.717) is 23.4 Å². The van der Waals surface area contributed by atoms with Gasteiger partial charge in [-0.25, -0.2) is 0 Å². The molecule has 3 aromatic carbocycles. The van der Waals surface area contributed by atoms with E-state index in [1.165, 1.54) is 0 Å². The maximum atomic E-state index is 12.8. The summed E-state index contributed by atoms with van der Waals surface area (Å²) in [6.45, 7) is 2.73. The van der Waals surface area contributed by atoms with E-state index < -0.39 is 0 Å². The predicted molar refractivity (Wildman–Crippen MR) is 94.0 cm³/mol. The Kier molecular flexibility index (Phi) is 4.29. The van der Waals surface area contributed by atoms with E-state index in [0.717, 1.165) is 22.9 Å². The van der Waals surface area contributed by atoms with Gasteiger partial charge in [-0.2, -0.15) is 0 Å². The van der Waals surface area contributed by atoms with Crippen LogP contribution in [0.25, 0.3) is 10.8 Å². The highest BCUT2D eigenvalue weighted by Gasteiger charge is 2.14. The quantitative estimate of drug-likeness (QED) is 0.560. The number of benzene rings is 3. The molecule has 0 saturated carbocycles. The monoisotopic (exact) mass is 305 g/mol. The van der Waals surface area contributed by atoms with Gasteiger partial charge in [-0.05, 0) is 48.2 Å². The number of fused-ring (bicyclic) bond motifs is 1. The molecule has 0 heterocycles. The van der Waals surface area contributed by atoms with Crippen LogP contribution in [-0.2, 0) is 0 Å². The van der Waals surface area contributed by atoms with Crippen LogP contribution in [0.5, 0.6) is 5.75 Å². The number of ether oxygens (including phenoxy) is 1. The highest BCUT2D eigenvalue weighted by Crippen LogP contribution is 2.30. The summed E-state index contributed by atoms with van der Waals surface area (Å²) in [5.41, 5.74) is 7.65. The van der Waals surface area contributed by atoms with Gasteiger partial charge in [0.25, 0.3) is 0 Å². The first-order valence-corrected chi connectivity index (χ1v) is 7.75. The van der Waals surface area contributed by atoms with E-state index in [2.05, 4.69) is 6.92 Å². The Morgan fingerprint density at radius 2 is 1.65 bits per heavy atom. The van der Waals surface area contributed by atoms with Gasteiger partial charge in [0.05, 0.1) is 6.61 Å². The summed E-state index contributed by atoms with van der Waals surface area (Å²) >= 11 is 0. The van der Waals surface area contributed by atoms with E-state index in [9.17, 15) is 4.79 Å². The van der Waals surface area contributed by atoms with Crippen LogP contribution in [0, 0.1) is 0 Å². The van der Waals surface area contributed by atoms with Crippen molar-refractivity contribution in [2.24, 2.45) is 0 Å². The molecule has 116 valence electrons. The number of carbonyl (C=O) groups is 1. The minimum absolute atomic E-state index is 0.0109. The molecule has 0 aliphatic rings. The molecule has 3 aromatic rings. The molecule has 0 radical (unpaired) electrons. The van der Waals surface area contributed by atoms with Crippen molar-refractivity contribution in [2.45, 2.75) is 13.3 Å². The van der Waals surface area contributed by atoms with E-state index in [4.69, 9.17) is 10.5 Å². The average Bonchev–Trinajstić information content (AvgIpc) is 2.59. The second-order valence-corrected chi connectivity index (χ2v) is 5.46. The lowest BCUT2D eigenvalue weighted by Crippen LogP contribution is -2.04. The molecule has 0 unspecified atom stereocenters. The van der Waals surface area contributed by atoms with Gasteiger partial charge in [0.2, 0.25) is 0 Å². The fourth-order valence-electron chi connectivity index (χ4n) is 2.60. The number of anilines is 1. The SMILES string of the molecule is CCCOc1ccc(C(=O)c2ccc(N)cc2)c2ccccc12. The Morgan fingerprint density at radius 3 is 2.35 bits per heavy atom. The van der Waals surface area contributed by atoms with Crippen molar-refractivity contribution in [1.29, 1.82) is 0 Å². The molecule has 23 heavy (non-hydrogen) atoms. The first kappa shape index (κ1) is 15.1. The summed E-state index contributed by atoms with van der Waals surface area (Å²) in [6.07, 6.45) is 0.945. The Balaban J connectivity index is 2.08. The maximum absolute atomic E-state index is 12.8. The van der Waals surface area contributed by atoms with Crippen LogP contribution in [0.2, 0.25) is 0 Å². The number of nitrogen functional groups attached to an aromatic ring is 1. The zero-order valence-corrected chi connectivity index (χ0v) is 13.1. The van der Waals surface area contributed by atoms with Crippen molar-refractivity contribution in [2.75, 3.05) is 12.3 Å². The van der Waals surface area contributed by atoms with E-state index >= 15 is 0 Å². The number of carbonyl (C=O) groups excluding carboxylic acids is 1. The maximum Gasteiger partial charge on any atom is 0.193 e. The standard InChI is InChI=1S/C20H19NO2/c1-2-13-23-19-12-11-18(16-5-3-4-6-17(16)19)20(22)14-7-9-15(21)10-8-14/h3-12H,2,13,21H2,1H3. The Bertz CT molecular complexity index is 838. The Hall–Kier alpha value is -2.81. The van der Waals surface area contributed by atoms with Crippen molar-refractivity contribution in [3.8, 4) is 5.75 Å². The van der Waals surface area contributed by atoms with Gasteiger partial charge in [0.15, 0.2) is 5.78 Å². The molecule has 0 aliphatic heterocycles. The summed E-state index contributed by atoms with van der Waals surface area (Å²) in [5, 5.41) is 1.87. The van der Waals surface area contributed by atoms with Crippen molar-refractivity contribution in [3.63, 3.8) is 0 Å². The van der Waals surface area contributed by atoms with Crippen molar-refractivity contribution < 1.29 is 9.53 Å². The van der Waals surface area contributed by atoms with Crippen LogP contribution >= 0.6 is 0 Å². The third-order valence-corrected chi connectivity index (χ3v) is 3.76. The predicted octanol–water partition coefficient (Wildman–Crippen LogP) is 4.44. The van der Waals surface area contributed by atoms with Crippen molar-refractivity contribution >= 4 is 22.2 Å². The molecule has 3 nitrogen and oxygen atoms in total. The average molecular weight is 305 g/mol. The lowest BCUT2D eigenvalue weighted by atomic mass is 9.96. The van der Waals surface area contributed by atoms with Gasteiger partial charge in [0.1, 0.15) is 5.75 Å². The Morgan fingerprint density at radius 1 is 0.957 bits per heavy atom. The molecule has 2 N–H and O–H groups in total. The van der Waals surface area contributed by atoms with Gasteiger partial charge < -0.3 is 10.5 Å². The fourth-order valence-corrected chi connectivity index (χ4v) is 2.60. The van der Waals surface area contributed by atoms with Gasteiger partial charge in [0, 0.05) is 22.2 Å². The second-order valence-electron chi connectivity index (χ2n) is 5.46. The molecule has 0 fully saturated rings. The number of hydrogen-bond donors (Lipinski definition) is 1. The van der Waals surface area contributed by atoms with Gasteiger partial charge in [-0.15, -0.1) is 0 Å². The largest absolute Gasteiger partial charge is 0.493 e. The van der Waals surface area contributed by atoms with Crippen LogP contribution < -0.4 is 10.5 Å². The smallest absolute Gasteiger partial charge is 0.193 e. The third-order valence-electron chi connectivity index (χ3n) is 3.76. The normalized spacial score (nSPS) is 10.7. The summed E-state index contributed by atoms with van der Waals surface area (Å²) in [7, 11) is 0. The molecular weight excluding hydrogens is 286 g/mol. The zero-order chi connectivity index (χ0) is 16.2. The molecule has 0 amide bonds. The van der Waals surface area contributed by atoms with Gasteiger partial charge in [-0.1, -0.05) is 31.2 Å². The summed E-state index contributed by atoms with van der Waals surface area (Å²) in [6, 6.07) is 18.6. The zero-order valence-electron chi connectivity index (χ0n) is 13.1. The summed E-state index contributed by atoms with van der Waals surface area (Å²) in [5.74, 6) is 0.805. The minimum atomic E-state index is -0.0109. The lowest BCUT2D eigenvalue weighted by molar-refractivity contribution is 0.104. The highest BCUT2D eigenvalue weighted by atomic mass is 16.5. The minimum Gasteiger partial charge on any atom is -0.493 e. The molecule has 0 atom stereocenters. The van der Waals surface area contributed by atoms with E-state index in [1.807, 2.05) is 36.4 Å². The first-order chi connectivity index (χ1) is 11.2. The van der Waals surface area contributed by atoms with Gasteiger partial charge in [-0.3, -0.25) is 4.79 Å². The number of rotatable bonds is 5. The fraction of sp³-hybridized carbons (Fsp3) is 0.150. The molecule has 0 bridgehead atoms. The molecular formula is C20H19NO2. The van der Waals surface area contributed by atoms with Crippen molar-refractivity contribution in [1.82, 2.24) is 0 Å². The van der Waals surface area contributed by atoms with Gasteiger partial charge >= 0.3 is 0 Å². The van der Waals surface area contributed by atoms with Crippen LogP contribution in [-0.4, -0.2) is 12.4 Å². The third kappa shape index (κ3) is 3.04. The molecule has 0 spiro atoms. The second kappa shape index (κ2) is 6.53. The van der Waals surface area contributed by atoms with Crippen LogP contribution in [0.3, 0.4) is 0 Å². The van der Waals surface area contributed by atoms with Crippen LogP contribution in [0.15, 0.2) is 60.7 Å². The topological polar surface area (TPSA) is 52.3 Å². The summed E-state index contributed by atoms with van der Waals surface area (Å²) in [4.78, 5) is 12.8. The highest BCUT2D eigenvalue weighted by molar-refractivity contribution is 6.17. The molecule has 0 saturated heterocycles. The molecule has 3 heteroatoms.